The average Bonchev–Trinajstić information content (AvgIpc) is 2.60. The minimum absolute atomic E-state index is 0.113. The van der Waals surface area contributed by atoms with Crippen LogP contribution in [-0.4, -0.2) is 24.9 Å². The van der Waals surface area contributed by atoms with Crippen LogP contribution in [0.25, 0.3) is 0 Å². The minimum Gasteiger partial charge on any atom is -0.357 e. The Kier molecular flexibility index (Phi) is 6.36. The number of nitrogens with one attached hydrogen (secondary N) is 2. The number of benzene rings is 2. The molecule has 2 amide bonds. The highest BCUT2D eigenvalue weighted by atomic mass is 16.2. The number of rotatable bonds is 7. The van der Waals surface area contributed by atoms with Crippen molar-refractivity contribution in [2.75, 3.05) is 7.05 Å². The minimum atomic E-state index is -0.550. The van der Waals surface area contributed by atoms with Crippen LogP contribution in [0.3, 0.4) is 0 Å². The summed E-state index contributed by atoms with van der Waals surface area (Å²) in [5.74, 6) is -0.291. The lowest BCUT2D eigenvalue weighted by Crippen LogP contribution is -2.47. The van der Waals surface area contributed by atoms with Gasteiger partial charge in [-0.15, -0.1) is 0 Å². The van der Waals surface area contributed by atoms with Gasteiger partial charge in [-0.3, -0.25) is 9.59 Å². The predicted octanol–water partition coefficient (Wildman–Crippen LogP) is 2.09. The third-order valence-corrected chi connectivity index (χ3v) is 3.66. The third kappa shape index (κ3) is 5.58. The zero-order valence-corrected chi connectivity index (χ0v) is 13.3. The summed E-state index contributed by atoms with van der Waals surface area (Å²) in [5.41, 5.74) is 2.13. The summed E-state index contributed by atoms with van der Waals surface area (Å²) < 4.78 is 0. The average molecular weight is 310 g/mol. The first kappa shape index (κ1) is 16.7. The molecule has 0 fully saturated rings. The van der Waals surface area contributed by atoms with Crippen molar-refractivity contribution >= 4 is 11.8 Å². The van der Waals surface area contributed by atoms with E-state index in [1.54, 1.807) is 7.05 Å². The Labute approximate surface area is 136 Å². The maximum Gasteiger partial charge on any atom is 0.242 e. The van der Waals surface area contributed by atoms with Gasteiger partial charge in [0, 0.05) is 19.9 Å². The number of carbonyl (C=O) groups is 2. The molecule has 2 aromatic carbocycles. The van der Waals surface area contributed by atoms with Gasteiger partial charge in [-0.05, 0) is 17.5 Å². The molecule has 4 nitrogen and oxygen atoms in total. The van der Waals surface area contributed by atoms with Crippen LogP contribution in [0.15, 0.2) is 60.7 Å². The highest BCUT2D eigenvalue weighted by Crippen LogP contribution is 2.05. The Bertz CT molecular complexity index is 626. The Balaban J connectivity index is 1.91. The summed E-state index contributed by atoms with van der Waals surface area (Å²) in [6, 6.07) is 19.0. The zero-order valence-electron chi connectivity index (χ0n) is 13.3. The Morgan fingerprint density at radius 3 is 2.04 bits per heavy atom. The van der Waals surface area contributed by atoms with Crippen molar-refractivity contribution in [1.29, 1.82) is 0 Å². The van der Waals surface area contributed by atoms with Gasteiger partial charge in [-0.25, -0.2) is 0 Å². The van der Waals surface area contributed by atoms with E-state index in [1.165, 1.54) is 0 Å². The number of amides is 2. The summed E-state index contributed by atoms with van der Waals surface area (Å²) in [4.78, 5) is 24.1. The summed E-state index contributed by atoms with van der Waals surface area (Å²) in [6.45, 7) is 0. The van der Waals surface area contributed by atoms with E-state index in [2.05, 4.69) is 10.6 Å². The first-order chi connectivity index (χ1) is 11.2. The molecule has 2 N–H and O–H groups in total. The molecule has 0 saturated carbocycles. The van der Waals surface area contributed by atoms with E-state index in [9.17, 15) is 9.59 Å². The van der Waals surface area contributed by atoms with Crippen molar-refractivity contribution in [3.63, 3.8) is 0 Å². The molecule has 2 aromatic rings. The summed E-state index contributed by atoms with van der Waals surface area (Å²) in [5, 5.41) is 5.45. The van der Waals surface area contributed by atoms with Crippen LogP contribution in [-0.2, 0) is 22.4 Å². The second kappa shape index (κ2) is 8.73. The maximum absolute atomic E-state index is 12.1. The molecule has 23 heavy (non-hydrogen) atoms. The van der Waals surface area contributed by atoms with Crippen molar-refractivity contribution in [1.82, 2.24) is 10.6 Å². The smallest absolute Gasteiger partial charge is 0.242 e. The monoisotopic (exact) mass is 310 g/mol. The number of hydrogen-bond donors (Lipinski definition) is 2. The second-order valence-corrected chi connectivity index (χ2v) is 5.41. The molecule has 0 aliphatic rings. The summed E-state index contributed by atoms with van der Waals surface area (Å²) in [6.07, 6.45) is 1.52. The molecule has 0 aromatic heterocycles. The number of aryl methyl sites for hydroxylation is 1. The quantitative estimate of drug-likeness (QED) is 0.823. The molecule has 0 aliphatic carbocycles. The van der Waals surface area contributed by atoms with Crippen LogP contribution in [0.2, 0.25) is 0 Å². The molecule has 1 unspecified atom stereocenters. The Morgan fingerprint density at radius 2 is 1.48 bits per heavy atom. The molecular formula is C19H22N2O2. The van der Waals surface area contributed by atoms with Gasteiger partial charge >= 0.3 is 0 Å². The van der Waals surface area contributed by atoms with Crippen LogP contribution < -0.4 is 10.6 Å². The zero-order chi connectivity index (χ0) is 16.5. The lowest BCUT2D eigenvalue weighted by molar-refractivity contribution is -0.128. The Hall–Kier alpha value is -2.62. The molecule has 0 heterocycles. The van der Waals surface area contributed by atoms with E-state index in [0.29, 0.717) is 19.3 Å². The Morgan fingerprint density at radius 1 is 0.913 bits per heavy atom. The van der Waals surface area contributed by atoms with Crippen LogP contribution in [0.4, 0.5) is 0 Å². The molecule has 2 rings (SSSR count). The van der Waals surface area contributed by atoms with E-state index in [4.69, 9.17) is 0 Å². The molecule has 0 spiro atoms. The fraction of sp³-hybridized carbons (Fsp3) is 0.263. The molecule has 4 heteroatoms. The highest BCUT2D eigenvalue weighted by molar-refractivity contribution is 5.87. The normalized spacial score (nSPS) is 11.5. The fourth-order valence-corrected chi connectivity index (χ4v) is 2.40. The molecule has 1 atom stereocenters. The van der Waals surface area contributed by atoms with Crippen LogP contribution in [0.1, 0.15) is 17.5 Å². The summed E-state index contributed by atoms with van der Waals surface area (Å²) >= 11 is 0. The van der Waals surface area contributed by atoms with Crippen LogP contribution in [0, 0.1) is 0 Å². The van der Waals surface area contributed by atoms with E-state index in [0.717, 1.165) is 11.1 Å². The molecule has 120 valence electrons. The van der Waals surface area contributed by atoms with E-state index >= 15 is 0 Å². The van der Waals surface area contributed by atoms with E-state index < -0.39 is 6.04 Å². The molecule has 0 aliphatic heterocycles. The van der Waals surface area contributed by atoms with Crippen LogP contribution in [0.5, 0.6) is 0 Å². The van der Waals surface area contributed by atoms with Crippen molar-refractivity contribution in [2.24, 2.45) is 0 Å². The lowest BCUT2D eigenvalue weighted by atomic mass is 10.0. The second-order valence-electron chi connectivity index (χ2n) is 5.41. The van der Waals surface area contributed by atoms with Gasteiger partial charge in [0.2, 0.25) is 11.8 Å². The number of carbonyl (C=O) groups excluding carboxylic acids is 2. The third-order valence-electron chi connectivity index (χ3n) is 3.66. The largest absolute Gasteiger partial charge is 0.357 e. The van der Waals surface area contributed by atoms with Crippen molar-refractivity contribution < 1.29 is 9.59 Å². The van der Waals surface area contributed by atoms with Crippen molar-refractivity contribution in [3.05, 3.63) is 71.8 Å². The van der Waals surface area contributed by atoms with Crippen LogP contribution >= 0.6 is 0 Å². The maximum atomic E-state index is 12.1. The summed E-state index contributed by atoms with van der Waals surface area (Å²) in [7, 11) is 1.58. The van der Waals surface area contributed by atoms with Gasteiger partial charge in [-0.2, -0.15) is 0 Å². The van der Waals surface area contributed by atoms with Crippen molar-refractivity contribution in [2.45, 2.75) is 25.3 Å². The van der Waals surface area contributed by atoms with Gasteiger partial charge < -0.3 is 10.6 Å². The number of likely N-dealkylation sites (N-methyl/N-ethyl adjacent to an activating group) is 1. The highest BCUT2D eigenvalue weighted by Gasteiger charge is 2.19. The van der Waals surface area contributed by atoms with Gasteiger partial charge in [-0.1, -0.05) is 60.7 Å². The first-order valence-electron chi connectivity index (χ1n) is 7.78. The van der Waals surface area contributed by atoms with Crippen molar-refractivity contribution in [3.8, 4) is 0 Å². The molecule has 0 bridgehead atoms. The molecule has 0 radical (unpaired) electrons. The predicted molar refractivity (Wildman–Crippen MR) is 90.9 cm³/mol. The van der Waals surface area contributed by atoms with Gasteiger partial charge in [0.1, 0.15) is 6.04 Å². The first-order valence-corrected chi connectivity index (χ1v) is 7.78. The van der Waals surface area contributed by atoms with Gasteiger partial charge in [0.15, 0.2) is 0 Å². The lowest BCUT2D eigenvalue weighted by Gasteiger charge is -2.17. The van der Waals surface area contributed by atoms with E-state index in [-0.39, 0.29) is 11.8 Å². The number of hydrogen-bond acceptors (Lipinski definition) is 2. The fourth-order valence-electron chi connectivity index (χ4n) is 2.40. The van der Waals surface area contributed by atoms with Gasteiger partial charge in [0.05, 0.1) is 0 Å². The van der Waals surface area contributed by atoms with Gasteiger partial charge in [0.25, 0.3) is 0 Å². The van der Waals surface area contributed by atoms with E-state index in [1.807, 2.05) is 60.7 Å². The topological polar surface area (TPSA) is 58.2 Å². The molecule has 0 saturated heterocycles. The molecular weight excluding hydrogens is 288 g/mol. The SMILES string of the molecule is CNC(=O)C(Cc1ccccc1)NC(=O)CCc1ccccc1. The standard InChI is InChI=1S/C19H22N2O2/c1-20-19(23)17(14-16-10-6-3-7-11-16)21-18(22)13-12-15-8-4-2-5-9-15/h2-11,17H,12-14H2,1H3,(H,20,23)(H,21,22).